The van der Waals surface area contributed by atoms with Gasteiger partial charge in [0.1, 0.15) is 0 Å². The molecule has 2 N–H and O–H groups in total. The Balaban J connectivity index is 1.34. The molecule has 2 aromatic rings. The van der Waals surface area contributed by atoms with Crippen LogP contribution in [0.15, 0.2) is 54.9 Å². The van der Waals surface area contributed by atoms with E-state index in [-0.39, 0.29) is 17.9 Å². The van der Waals surface area contributed by atoms with E-state index in [9.17, 15) is 4.79 Å². The van der Waals surface area contributed by atoms with Crippen LogP contribution in [0.4, 0.5) is 0 Å². The van der Waals surface area contributed by atoms with Crippen LogP contribution in [-0.2, 0) is 11.3 Å². The van der Waals surface area contributed by atoms with E-state index in [0.29, 0.717) is 6.54 Å². The Morgan fingerprint density at radius 3 is 2.50 bits per heavy atom. The molecule has 0 saturated carbocycles. The van der Waals surface area contributed by atoms with E-state index in [1.54, 1.807) is 0 Å². The van der Waals surface area contributed by atoms with Gasteiger partial charge in [-0.05, 0) is 23.3 Å². The highest BCUT2D eigenvalue weighted by Crippen LogP contribution is 2.26. The van der Waals surface area contributed by atoms with Crippen molar-refractivity contribution in [2.45, 2.75) is 12.6 Å². The molecule has 3 heterocycles. The van der Waals surface area contributed by atoms with Crippen molar-refractivity contribution in [2.24, 2.45) is 5.92 Å². The Kier molecular flexibility index (Phi) is 5.24. The maximum atomic E-state index is 13.1. The standard InChI is InChI=1S/C20H25N5O/c26-20(18-14-22-23-19(18)17-4-2-1-3-5-17)25-12-10-24(11-13-25)15-16-6-8-21-9-7-16/h1-9,18-19,22-23H,10-15H2. The molecule has 2 aliphatic heterocycles. The monoisotopic (exact) mass is 351 g/mol. The Morgan fingerprint density at radius 2 is 1.77 bits per heavy atom. The average Bonchev–Trinajstić information content (AvgIpc) is 3.19. The van der Waals surface area contributed by atoms with E-state index in [4.69, 9.17) is 0 Å². The summed E-state index contributed by atoms with van der Waals surface area (Å²) in [4.78, 5) is 21.6. The van der Waals surface area contributed by atoms with Crippen LogP contribution in [0.5, 0.6) is 0 Å². The van der Waals surface area contributed by atoms with Crippen molar-refractivity contribution in [3.05, 3.63) is 66.0 Å². The first kappa shape index (κ1) is 17.1. The van der Waals surface area contributed by atoms with Gasteiger partial charge in [0.2, 0.25) is 5.91 Å². The molecule has 1 aromatic heterocycles. The van der Waals surface area contributed by atoms with Crippen LogP contribution in [0.2, 0.25) is 0 Å². The fraction of sp³-hybridized carbons (Fsp3) is 0.400. The second-order valence-corrected chi connectivity index (χ2v) is 6.98. The van der Waals surface area contributed by atoms with Crippen molar-refractivity contribution in [1.82, 2.24) is 25.6 Å². The van der Waals surface area contributed by atoms with Crippen LogP contribution in [0.25, 0.3) is 0 Å². The summed E-state index contributed by atoms with van der Waals surface area (Å²) in [5.41, 5.74) is 8.87. The number of nitrogens with zero attached hydrogens (tertiary/aromatic N) is 3. The second kappa shape index (κ2) is 7.95. The van der Waals surface area contributed by atoms with Crippen molar-refractivity contribution >= 4 is 5.91 Å². The zero-order valence-electron chi connectivity index (χ0n) is 14.8. The van der Waals surface area contributed by atoms with Gasteiger partial charge < -0.3 is 4.90 Å². The van der Waals surface area contributed by atoms with Crippen LogP contribution in [0.3, 0.4) is 0 Å². The highest BCUT2D eigenvalue weighted by atomic mass is 16.2. The first-order valence-corrected chi connectivity index (χ1v) is 9.24. The summed E-state index contributed by atoms with van der Waals surface area (Å²) < 4.78 is 0. The number of hydrogen-bond donors (Lipinski definition) is 2. The first-order chi connectivity index (χ1) is 12.8. The number of carbonyl (C=O) groups is 1. The third-order valence-corrected chi connectivity index (χ3v) is 5.30. The van der Waals surface area contributed by atoms with Gasteiger partial charge in [-0.15, -0.1) is 0 Å². The maximum Gasteiger partial charge on any atom is 0.229 e. The number of pyridine rings is 1. The Labute approximate surface area is 154 Å². The van der Waals surface area contributed by atoms with Crippen molar-refractivity contribution in [1.29, 1.82) is 0 Å². The molecular formula is C20H25N5O. The van der Waals surface area contributed by atoms with E-state index in [1.165, 1.54) is 5.56 Å². The summed E-state index contributed by atoms with van der Waals surface area (Å²) in [6, 6.07) is 14.4. The molecule has 6 heteroatoms. The zero-order valence-corrected chi connectivity index (χ0v) is 14.8. The van der Waals surface area contributed by atoms with Gasteiger partial charge in [0, 0.05) is 51.7 Å². The zero-order chi connectivity index (χ0) is 17.8. The Hall–Kier alpha value is -2.28. The van der Waals surface area contributed by atoms with Gasteiger partial charge in [-0.1, -0.05) is 30.3 Å². The minimum atomic E-state index is -0.0517. The summed E-state index contributed by atoms with van der Waals surface area (Å²) in [6.45, 7) is 5.01. The van der Waals surface area contributed by atoms with Gasteiger partial charge in [-0.3, -0.25) is 20.1 Å². The van der Waals surface area contributed by atoms with E-state index in [1.807, 2.05) is 35.5 Å². The normalized spacial score (nSPS) is 23.9. The van der Waals surface area contributed by atoms with Crippen LogP contribution >= 0.6 is 0 Å². The minimum absolute atomic E-state index is 0.0403. The molecule has 2 atom stereocenters. The summed E-state index contributed by atoms with van der Waals surface area (Å²) in [6.07, 6.45) is 3.66. The number of hydrogen-bond acceptors (Lipinski definition) is 5. The third-order valence-electron chi connectivity index (χ3n) is 5.30. The topological polar surface area (TPSA) is 60.5 Å². The van der Waals surface area contributed by atoms with E-state index < -0.39 is 0 Å². The Morgan fingerprint density at radius 1 is 1.04 bits per heavy atom. The predicted octanol–water partition coefficient (Wildman–Crippen LogP) is 1.19. The number of aromatic nitrogens is 1. The molecule has 1 amide bonds. The predicted molar refractivity (Wildman–Crippen MR) is 99.9 cm³/mol. The number of piperazine rings is 1. The second-order valence-electron chi connectivity index (χ2n) is 6.98. The molecule has 6 nitrogen and oxygen atoms in total. The highest BCUT2D eigenvalue weighted by Gasteiger charge is 2.37. The molecule has 2 unspecified atom stereocenters. The number of rotatable bonds is 4. The lowest BCUT2D eigenvalue weighted by molar-refractivity contribution is -0.137. The molecule has 2 fully saturated rings. The van der Waals surface area contributed by atoms with Gasteiger partial charge >= 0.3 is 0 Å². The smallest absolute Gasteiger partial charge is 0.229 e. The Bertz CT molecular complexity index is 715. The molecular weight excluding hydrogens is 326 g/mol. The average molecular weight is 351 g/mol. The molecule has 136 valence electrons. The molecule has 4 rings (SSSR count). The van der Waals surface area contributed by atoms with Gasteiger partial charge in [0.05, 0.1) is 12.0 Å². The molecule has 0 bridgehead atoms. The van der Waals surface area contributed by atoms with Gasteiger partial charge in [0.15, 0.2) is 0 Å². The first-order valence-electron chi connectivity index (χ1n) is 9.24. The summed E-state index contributed by atoms with van der Waals surface area (Å²) in [5, 5.41) is 0. The number of amides is 1. The van der Waals surface area contributed by atoms with E-state index in [0.717, 1.165) is 38.3 Å². The summed E-state index contributed by atoms with van der Waals surface area (Å²) in [7, 11) is 0. The van der Waals surface area contributed by atoms with Gasteiger partial charge in [0.25, 0.3) is 0 Å². The number of hydrazine groups is 1. The molecule has 0 aliphatic carbocycles. The number of benzene rings is 1. The quantitative estimate of drug-likeness (QED) is 0.867. The molecule has 1 aromatic carbocycles. The number of carbonyl (C=O) groups excluding carboxylic acids is 1. The van der Waals surface area contributed by atoms with Crippen molar-refractivity contribution in [3.63, 3.8) is 0 Å². The van der Waals surface area contributed by atoms with Crippen molar-refractivity contribution in [2.75, 3.05) is 32.7 Å². The fourth-order valence-corrected chi connectivity index (χ4v) is 3.81. The van der Waals surface area contributed by atoms with Gasteiger partial charge in [-0.25, -0.2) is 5.43 Å². The van der Waals surface area contributed by atoms with Crippen LogP contribution < -0.4 is 10.9 Å². The van der Waals surface area contributed by atoms with Crippen molar-refractivity contribution < 1.29 is 4.79 Å². The molecule has 0 spiro atoms. The van der Waals surface area contributed by atoms with Gasteiger partial charge in [-0.2, -0.15) is 0 Å². The van der Waals surface area contributed by atoms with E-state index in [2.05, 4.69) is 45.0 Å². The lowest BCUT2D eigenvalue weighted by Crippen LogP contribution is -2.50. The largest absolute Gasteiger partial charge is 0.340 e. The minimum Gasteiger partial charge on any atom is -0.340 e. The van der Waals surface area contributed by atoms with Crippen LogP contribution in [0.1, 0.15) is 17.2 Å². The van der Waals surface area contributed by atoms with E-state index >= 15 is 0 Å². The molecule has 0 radical (unpaired) electrons. The van der Waals surface area contributed by atoms with Crippen molar-refractivity contribution in [3.8, 4) is 0 Å². The highest BCUT2D eigenvalue weighted by molar-refractivity contribution is 5.80. The SMILES string of the molecule is O=C(C1CNNC1c1ccccc1)N1CCN(Cc2ccncc2)CC1. The molecule has 26 heavy (non-hydrogen) atoms. The summed E-state index contributed by atoms with van der Waals surface area (Å²) in [5.74, 6) is 0.198. The molecule has 2 aliphatic rings. The number of nitrogens with one attached hydrogen (secondary N) is 2. The lowest BCUT2D eigenvalue weighted by atomic mass is 9.93. The maximum absolute atomic E-state index is 13.1. The summed E-state index contributed by atoms with van der Waals surface area (Å²) >= 11 is 0. The van der Waals surface area contributed by atoms with Crippen LogP contribution in [-0.4, -0.2) is 53.4 Å². The molecule has 2 saturated heterocycles. The lowest BCUT2D eigenvalue weighted by Gasteiger charge is -2.36. The van der Waals surface area contributed by atoms with Crippen LogP contribution in [0, 0.1) is 5.92 Å². The third kappa shape index (κ3) is 3.77. The fourth-order valence-electron chi connectivity index (χ4n) is 3.81.